The van der Waals surface area contributed by atoms with Crippen LogP contribution in [0.5, 0.6) is 0 Å². The molecule has 120 valence electrons. The summed E-state index contributed by atoms with van der Waals surface area (Å²) in [5.74, 6) is 1.70. The predicted octanol–water partition coefficient (Wildman–Crippen LogP) is 2.01. The van der Waals surface area contributed by atoms with Gasteiger partial charge in [-0.1, -0.05) is 0 Å². The molecule has 1 atom stereocenters. The normalized spacial score (nSPS) is 19.7. The average Bonchev–Trinajstić information content (AvgIpc) is 2.92. The smallest absolute Gasteiger partial charge is 0.208 e. The van der Waals surface area contributed by atoms with E-state index in [4.69, 9.17) is 9.15 Å². The highest BCUT2D eigenvalue weighted by Gasteiger charge is 2.23. The monoisotopic (exact) mass is 304 g/mol. The van der Waals surface area contributed by atoms with Gasteiger partial charge in [0, 0.05) is 18.8 Å². The van der Waals surface area contributed by atoms with Gasteiger partial charge in [-0.3, -0.25) is 9.58 Å². The lowest BCUT2D eigenvalue weighted by Crippen LogP contribution is -2.44. The third-order valence-corrected chi connectivity index (χ3v) is 4.13. The quantitative estimate of drug-likeness (QED) is 0.865. The Labute approximate surface area is 131 Å². The van der Waals surface area contributed by atoms with E-state index in [9.17, 15) is 0 Å². The van der Waals surface area contributed by atoms with E-state index in [0.29, 0.717) is 0 Å². The van der Waals surface area contributed by atoms with Crippen LogP contribution >= 0.6 is 0 Å². The average molecular weight is 304 g/mol. The molecule has 1 fully saturated rings. The summed E-state index contributed by atoms with van der Waals surface area (Å²) in [4.78, 5) is 6.80. The largest absolute Gasteiger partial charge is 0.444 e. The van der Waals surface area contributed by atoms with Crippen molar-refractivity contribution in [1.29, 1.82) is 0 Å². The second-order valence-electron chi connectivity index (χ2n) is 6.09. The lowest BCUT2D eigenvalue weighted by Gasteiger charge is -2.32. The van der Waals surface area contributed by atoms with E-state index in [-0.39, 0.29) is 6.10 Å². The molecule has 0 aromatic carbocycles. The molecular formula is C16H24N4O2. The summed E-state index contributed by atoms with van der Waals surface area (Å²) in [5.41, 5.74) is 3.20. The molecule has 2 aromatic heterocycles. The first kappa shape index (κ1) is 15.2. The number of ether oxygens (including phenoxy) is 1. The van der Waals surface area contributed by atoms with E-state index in [1.165, 1.54) is 5.69 Å². The van der Waals surface area contributed by atoms with Gasteiger partial charge in [0.25, 0.3) is 0 Å². The number of aryl methyl sites for hydroxylation is 4. The lowest BCUT2D eigenvalue weighted by atomic mass is 10.2. The second-order valence-corrected chi connectivity index (χ2v) is 6.09. The molecule has 0 spiro atoms. The van der Waals surface area contributed by atoms with Crippen molar-refractivity contribution in [2.24, 2.45) is 0 Å². The minimum Gasteiger partial charge on any atom is -0.444 e. The summed E-state index contributed by atoms with van der Waals surface area (Å²) in [7, 11) is 0. The maximum absolute atomic E-state index is 5.89. The maximum atomic E-state index is 5.89. The highest BCUT2D eigenvalue weighted by atomic mass is 16.5. The Morgan fingerprint density at radius 3 is 2.73 bits per heavy atom. The standard InChI is InChI=1S/C16H24N4O2/c1-11-7-12(2)20(18-11)9-15-8-19(5-6-21-15)10-16-17-13(3)14(4)22-16/h7,15H,5-6,8-10H2,1-4H3/t15-/m0/s1. The van der Waals surface area contributed by atoms with E-state index in [1.807, 2.05) is 25.5 Å². The van der Waals surface area contributed by atoms with Crippen molar-refractivity contribution in [1.82, 2.24) is 19.7 Å². The van der Waals surface area contributed by atoms with Gasteiger partial charge in [0.05, 0.1) is 37.2 Å². The minimum atomic E-state index is 0.156. The molecule has 1 aliphatic rings. The second kappa shape index (κ2) is 6.22. The fourth-order valence-electron chi connectivity index (χ4n) is 2.89. The molecule has 0 unspecified atom stereocenters. The van der Waals surface area contributed by atoms with Gasteiger partial charge < -0.3 is 9.15 Å². The van der Waals surface area contributed by atoms with Crippen LogP contribution in [0.15, 0.2) is 10.5 Å². The van der Waals surface area contributed by atoms with E-state index in [0.717, 1.165) is 55.8 Å². The summed E-state index contributed by atoms with van der Waals surface area (Å²) in [6, 6.07) is 2.10. The van der Waals surface area contributed by atoms with Crippen molar-refractivity contribution in [3.63, 3.8) is 0 Å². The lowest BCUT2D eigenvalue weighted by molar-refractivity contribution is -0.0425. The fraction of sp³-hybridized carbons (Fsp3) is 0.625. The molecule has 0 aliphatic carbocycles. The van der Waals surface area contributed by atoms with Crippen molar-refractivity contribution in [2.45, 2.75) is 46.9 Å². The molecule has 3 rings (SSSR count). The molecule has 2 aromatic rings. The van der Waals surface area contributed by atoms with Crippen LogP contribution in [-0.2, 0) is 17.8 Å². The van der Waals surface area contributed by atoms with Crippen LogP contribution in [0, 0.1) is 27.7 Å². The predicted molar refractivity (Wildman–Crippen MR) is 82.7 cm³/mol. The Morgan fingerprint density at radius 2 is 2.09 bits per heavy atom. The first-order valence-corrected chi connectivity index (χ1v) is 7.79. The van der Waals surface area contributed by atoms with Gasteiger partial charge >= 0.3 is 0 Å². The molecule has 6 heteroatoms. The van der Waals surface area contributed by atoms with Crippen LogP contribution < -0.4 is 0 Å². The number of morpholine rings is 1. The fourth-order valence-corrected chi connectivity index (χ4v) is 2.89. The van der Waals surface area contributed by atoms with E-state index >= 15 is 0 Å². The minimum absolute atomic E-state index is 0.156. The Kier molecular flexibility index (Phi) is 4.31. The van der Waals surface area contributed by atoms with Crippen LogP contribution in [0.4, 0.5) is 0 Å². The first-order chi connectivity index (χ1) is 10.5. The summed E-state index contributed by atoms with van der Waals surface area (Å²) >= 11 is 0. The summed E-state index contributed by atoms with van der Waals surface area (Å²) < 4.78 is 13.6. The van der Waals surface area contributed by atoms with Gasteiger partial charge in [0.15, 0.2) is 0 Å². The van der Waals surface area contributed by atoms with Crippen LogP contribution in [0.25, 0.3) is 0 Å². The highest BCUT2D eigenvalue weighted by molar-refractivity contribution is 5.07. The van der Waals surface area contributed by atoms with Crippen molar-refractivity contribution in [2.75, 3.05) is 19.7 Å². The van der Waals surface area contributed by atoms with Gasteiger partial charge in [0.2, 0.25) is 5.89 Å². The van der Waals surface area contributed by atoms with Crippen LogP contribution in [0.2, 0.25) is 0 Å². The van der Waals surface area contributed by atoms with Gasteiger partial charge in [-0.25, -0.2) is 4.98 Å². The SMILES string of the molecule is Cc1cc(C)n(C[C@@H]2CN(Cc3nc(C)c(C)o3)CCO2)n1. The van der Waals surface area contributed by atoms with Gasteiger partial charge in [-0.15, -0.1) is 0 Å². The molecular weight excluding hydrogens is 280 g/mol. The molecule has 0 N–H and O–H groups in total. The maximum Gasteiger partial charge on any atom is 0.208 e. The first-order valence-electron chi connectivity index (χ1n) is 7.79. The zero-order valence-corrected chi connectivity index (χ0v) is 13.8. The molecule has 22 heavy (non-hydrogen) atoms. The molecule has 1 saturated heterocycles. The molecule has 6 nitrogen and oxygen atoms in total. The Hall–Kier alpha value is -1.66. The molecule has 0 radical (unpaired) electrons. The zero-order chi connectivity index (χ0) is 15.7. The van der Waals surface area contributed by atoms with Crippen LogP contribution in [0.3, 0.4) is 0 Å². The number of hydrogen-bond acceptors (Lipinski definition) is 5. The summed E-state index contributed by atoms with van der Waals surface area (Å²) in [6.07, 6.45) is 0.156. The number of oxazole rings is 1. The molecule has 0 amide bonds. The van der Waals surface area contributed by atoms with E-state index in [2.05, 4.69) is 28.0 Å². The van der Waals surface area contributed by atoms with Crippen LogP contribution in [0.1, 0.15) is 28.7 Å². The highest BCUT2D eigenvalue weighted by Crippen LogP contribution is 2.15. The van der Waals surface area contributed by atoms with Gasteiger partial charge in [0.1, 0.15) is 5.76 Å². The van der Waals surface area contributed by atoms with E-state index < -0.39 is 0 Å². The summed E-state index contributed by atoms with van der Waals surface area (Å²) in [5, 5.41) is 4.52. The Morgan fingerprint density at radius 1 is 1.27 bits per heavy atom. The Balaban J connectivity index is 1.60. The number of aromatic nitrogens is 3. The molecule has 3 heterocycles. The number of hydrogen-bond donors (Lipinski definition) is 0. The Bertz CT molecular complexity index is 627. The summed E-state index contributed by atoms with van der Waals surface area (Å²) in [6.45, 7) is 12.1. The van der Waals surface area contributed by atoms with Crippen LogP contribution in [-0.4, -0.2) is 45.5 Å². The van der Waals surface area contributed by atoms with Crippen molar-refractivity contribution in [3.8, 4) is 0 Å². The zero-order valence-electron chi connectivity index (χ0n) is 13.8. The topological polar surface area (TPSA) is 56.3 Å². The third-order valence-electron chi connectivity index (χ3n) is 4.13. The number of nitrogens with zero attached hydrogens (tertiary/aromatic N) is 4. The molecule has 0 saturated carbocycles. The third kappa shape index (κ3) is 3.39. The number of rotatable bonds is 4. The molecule has 1 aliphatic heterocycles. The van der Waals surface area contributed by atoms with Gasteiger partial charge in [-0.2, -0.15) is 5.10 Å². The van der Waals surface area contributed by atoms with Crippen molar-refractivity contribution >= 4 is 0 Å². The van der Waals surface area contributed by atoms with Crippen molar-refractivity contribution in [3.05, 3.63) is 34.8 Å². The van der Waals surface area contributed by atoms with Crippen molar-refractivity contribution < 1.29 is 9.15 Å². The van der Waals surface area contributed by atoms with E-state index in [1.54, 1.807) is 0 Å². The molecule has 0 bridgehead atoms. The van der Waals surface area contributed by atoms with Gasteiger partial charge in [-0.05, 0) is 33.8 Å².